The molecule has 0 bridgehead atoms. The number of esters is 1. The largest absolute Gasteiger partial charge is 0.466 e. The Morgan fingerprint density at radius 3 is 2.74 bits per heavy atom. The molecule has 1 fully saturated rings. The van der Waals surface area contributed by atoms with Crippen molar-refractivity contribution in [2.45, 2.75) is 58.8 Å². The minimum atomic E-state index is -0.0854. The van der Waals surface area contributed by atoms with Crippen LogP contribution in [-0.2, 0) is 19.0 Å². The van der Waals surface area contributed by atoms with Crippen molar-refractivity contribution in [2.75, 3.05) is 52.7 Å². The second-order valence-corrected chi connectivity index (χ2v) is 6.81. The number of carbonyl (C=O) groups is 1. The zero-order valence-corrected chi connectivity index (χ0v) is 17.3. The molecular weight excluding hydrogens is 346 g/mol. The van der Waals surface area contributed by atoms with Crippen molar-refractivity contribution in [1.29, 1.82) is 0 Å². The third kappa shape index (κ3) is 13.5. The van der Waals surface area contributed by atoms with Gasteiger partial charge in [-0.05, 0) is 39.5 Å². The van der Waals surface area contributed by atoms with Crippen LogP contribution in [0.25, 0.3) is 0 Å². The van der Waals surface area contributed by atoms with E-state index in [1.165, 1.54) is 0 Å². The summed E-state index contributed by atoms with van der Waals surface area (Å²) in [6, 6.07) is 0. The van der Waals surface area contributed by atoms with Gasteiger partial charge in [0, 0.05) is 45.2 Å². The lowest BCUT2D eigenvalue weighted by atomic mass is 10.1. The van der Waals surface area contributed by atoms with Crippen LogP contribution in [0.2, 0.25) is 0 Å². The number of aliphatic imine (C=N–C) groups is 1. The minimum absolute atomic E-state index is 0.0854. The number of unbranched alkanes of at least 4 members (excludes halogenated alkanes) is 3. The number of nitrogens with zero attached hydrogens (tertiary/aromatic N) is 1. The van der Waals surface area contributed by atoms with E-state index in [0.29, 0.717) is 18.9 Å². The third-order valence-electron chi connectivity index (χ3n) is 4.34. The minimum Gasteiger partial charge on any atom is -0.466 e. The van der Waals surface area contributed by atoms with Crippen LogP contribution in [0.1, 0.15) is 58.8 Å². The number of rotatable bonds is 15. The molecule has 7 nitrogen and oxygen atoms in total. The van der Waals surface area contributed by atoms with Crippen LogP contribution in [0.3, 0.4) is 0 Å². The predicted octanol–water partition coefficient (Wildman–Crippen LogP) is 2.50. The van der Waals surface area contributed by atoms with Gasteiger partial charge in [0.1, 0.15) is 0 Å². The first kappa shape index (κ1) is 23.7. The summed E-state index contributed by atoms with van der Waals surface area (Å²) in [5, 5.41) is 6.64. The number of guanidine groups is 1. The van der Waals surface area contributed by atoms with Gasteiger partial charge >= 0.3 is 5.97 Å². The molecule has 1 aliphatic rings. The second-order valence-electron chi connectivity index (χ2n) is 6.81. The number of ether oxygens (including phenoxy) is 3. The van der Waals surface area contributed by atoms with Crippen LogP contribution in [0.5, 0.6) is 0 Å². The first-order chi connectivity index (χ1) is 13.3. The fourth-order valence-electron chi connectivity index (χ4n) is 2.85. The molecule has 2 N–H and O–H groups in total. The fourth-order valence-corrected chi connectivity index (χ4v) is 2.85. The molecule has 1 rings (SSSR count). The van der Waals surface area contributed by atoms with E-state index in [0.717, 1.165) is 90.5 Å². The van der Waals surface area contributed by atoms with Gasteiger partial charge in [0.15, 0.2) is 5.96 Å². The molecule has 0 aliphatic carbocycles. The van der Waals surface area contributed by atoms with E-state index in [4.69, 9.17) is 14.2 Å². The van der Waals surface area contributed by atoms with Gasteiger partial charge < -0.3 is 24.8 Å². The van der Waals surface area contributed by atoms with E-state index in [2.05, 4.69) is 22.5 Å². The van der Waals surface area contributed by atoms with Crippen molar-refractivity contribution in [3.05, 3.63) is 0 Å². The van der Waals surface area contributed by atoms with Crippen molar-refractivity contribution in [3.63, 3.8) is 0 Å². The van der Waals surface area contributed by atoms with Crippen LogP contribution in [-0.4, -0.2) is 64.6 Å². The summed E-state index contributed by atoms with van der Waals surface area (Å²) in [5.74, 6) is 1.36. The van der Waals surface area contributed by atoms with Gasteiger partial charge in [0.25, 0.3) is 0 Å². The van der Waals surface area contributed by atoms with E-state index >= 15 is 0 Å². The molecule has 1 heterocycles. The monoisotopic (exact) mass is 385 g/mol. The Morgan fingerprint density at radius 1 is 1.15 bits per heavy atom. The van der Waals surface area contributed by atoms with E-state index in [-0.39, 0.29) is 5.97 Å². The average Bonchev–Trinajstić information content (AvgIpc) is 3.17. The summed E-state index contributed by atoms with van der Waals surface area (Å²) in [7, 11) is 0. The SMILES string of the molecule is CCNC(=NCCCOCC1CCOC1)NCCCCCCC(=O)OCC. The Bertz CT molecular complexity index is 399. The van der Waals surface area contributed by atoms with Crippen LogP contribution in [0.4, 0.5) is 0 Å². The first-order valence-electron chi connectivity index (χ1n) is 10.6. The zero-order valence-electron chi connectivity index (χ0n) is 17.3. The highest BCUT2D eigenvalue weighted by Crippen LogP contribution is 2.12. The molecule has 0 spiro atoms. The standard InChI is InChI=1S/C20H39N3O4/c1-3-21-20(22-12-8-6-5-7-10-19(24)27-4-2)23-13-9-14-25-16-18-11-15-26-17-18/h18H,3-17H2,1-2H3,(H2,21,22,23). The molecule has 158 valence electrons. The summed E-state index contributed by atoms with van der Waals surface area (Å²) in [4.78, 5) is 15.8. The van der Waals surface area contributed by atoms with Crippen molar-refractivity contribution >= 4 is 11.9 Å². The topological polar surface area (TPSA) is 81.2 Å². The zero-order chi connectivity index (χ0) is 19.6. The lowest BCUT2D eigenvalue weighted by Crippen LogP contribution is -2.37. The molecular formula is C20H39N3O4. The Labute approximate surface area is 164 Å². The molecule has 0 saturated carbocycles. The normalized spacial score (nSPS) is 17.1. The molecule has 0 aromatic heterocycles. The van der Waals surface area contributed by atoms with Gasteiger partial charge in [-0.15, -0.1) is 0 Å². The molecule has 0 aromatic rings. The quantitative estimate of drug-likeness (QED) is 0.195. The summed E-state index contributed by atoms with van der Waals surface area (Å²) < 4.78 is 16.0. The number of hydrogen-bond acceptors (Lipinski definition) is 5. The molecule has 0 aromatic carbocycles. The van der Waals surface area contributed by atoms with Crippen LogP contribution >= 0.6 is 0 Å². The van der Waals surface area contributed by atoms with Crippen LogP contribution < -0.4 is 10.6 Å². The maximum atomic E-state index is 11.3. The molecule has 1 saturated heterocycles. The van der Waals surface area contributed by atoms with Gasteiger partial charge in [0.2, 0.25) is 0 Å². The highest BCUT2D eigenvalue weighted by Gasteiger charge is 2.15. The highest BCUT2D eigenvalue weighted by atomic mass is 16.5. The maximum absolute atomic E-state index is 11.3. The molecule has 1 unspecified atom stereocenters. The summed E-state index contributed by atoms with van der Waals surface area (Å²) >= 11 is 0. The Kier molecular flexibility index (Phi) is 14.8. The highest BCUT2D eigenvalue weighted by molar-refractivity contribution is 5.79. The predicted molar refractivity (Wildman–Crippen MR) is 108 cm³/mol. The lowest BCUT2D eigenvalue weighted by molar-refractivity contribution is -0.143. The lowest BCUT2D eigenvalue weighted by Gasteiger charge is -2.11. The summed E-state index contributed by atoms with van der Waals surface area (Å²) in [6.07, 6.45) is 6.70. The van der Waals surface area contributed by atoms with Gasteiger partial charge in [-0.1, -0.05) is 12.8 Å². The smallest absolute Gasteiger partial charge is 0.305 e. The molecule has 7 heteroatoms. The fraction of sp³-hybridized carbons (Fsp3) is 0.900. The number of carbonyl (C=O) groups excluding carboxylic acids is 1. The summed E-state index contributed by atoms with van der Waals surface area (Å²) in [5.41, 5.74) is 0. The van der Waals surface area contributed by atoms with Gasteiger partial charge in [-0.2, -0.15) is 0 Å². The Balaban J connectivity index is 1.99. The van der Waals surface area contributed by atoms with Gasteiger partial charge in [-0.25, -0.2) is 0 Å². The molecule has 1 atom stereocenters. The van der Waals surface area contributed by atoms with Crippen molar-refractivity contribution in [1.82, 2.24) is 10.6 Å². The Hall–Kier alpha value is -1.34. The molecule has 1 aliphatic heterocycles. The first-order valence-corrected chi connectivity index (χ1v) is 10.6. The Morgan fingerprint density at radius 2 is 2.00 bits per heavy atom. The maximum Gasteiger partial charge on any atom is 0.305 e. The van der Waals surface area contributed by atoms with Crippen molar-refractivity contribution in [3.8, 4) is 0 Å². The van der Waals surface area contributed by atoms with E-state index in [9.17, 15) is 4.79 Å². The summed E-state index contributed by atoms with van der Waals surface area (Å²) in [6.45, 7) is 10.2. The second kappa shape index (κ2) is 16.8. The number of nitrogens with one attached hydrogen (secondary N) is 2. The van der Waals surface area contributed by atoms with Crippen molar-refractivity contribution in [2.24, 2.45) is 10.9 Å². The van der Waals surface area contributed by atoms with E-state index in [1.807, 2.05) is 6.92 Å². The van der Waals surface area contributed by atoms with Crippen LogP contribution in [0.15, 0.2) is 4.99 Å². The van der Waals surface area contributed by atoms with Gasteiger partial charge in [-0.3, -0.25) is 9.79 Å². The number of hydrogen-bond donors (Lipinski definition) is 2. The molecule has 27 heavy (non-hydrogen) atoms. The average molecular weight is 386 g/mol. The molecule has 0 radical (unpaired) electrons. The van der Waals surface area contributed by atoms with E-state index in [1.54, 1.807) is 0 Å². The molecule has 0 amide bonds. The van der Waals surface area contributed by atoms with E-state index < -0.39 is 0 Å². The van der Waals surface area contributed by atoms with Crippen molar-refractivity contribution < 1.29 is 19.0 Å². The third-order valence-corrected chi connectivity index (χ3v) is 4.34. The van der Waals surface area contributed by atoms with Gasteiger partial charge in [0.05, 0.1) is 19.8 Å². The van der Waals surface area contributed by atoms with Crippen LogP contribution in [0, 0.1) is 5.92 Å².